The maximum Gasteiger partial charge on any atom is 0.141 e. The molecule has 1 nitrogen and oxygen atoms in total. The van der Waals surface area contributed by atoms with Crippen LogP contribution >= 0.6 is 0 Å². The lowest BCUT2D eigenvalue weighted by molar-refractivity contribution is 0.567. The fourth-order valence-electron chi connectivity index (χ4n) is 1.58. The summed E-state index contributed by atoms with van der Waals surface area (Å²) in [4.78, 5) is 0. The zero-order valence-corrected chi connectivity index (χ0v) is 8.98. The largest absolute Gasteiger partial charge is 0.206 e. The van der Waals surface area contributed by atoms with E-state index in [2.05, 4.69) is 0 Å². The molecule has 0 heterocycles. The highest BCUT2D eigenvalue weighted by Gasteiger charge is 2.18. The number of nitriles is 1. The molecule has 0 unspecified atom stereocenters. The van der Waals surface area contributed by atoms with Crippen LogP contribution in [0.3, 0.4) is 0 Å². The zero-order chi connectivity index (χ0) is 10.9. The average molecular weight is 191 g/mol. The van der Waals surface area contributed by atoms with Crippen molar-refractivity contribution < 1.29 is 4.39 Å². The molecule has 0 fully saturated rings. The molecule has 0 atom stereocenters. The Bertz CT molecular complexity index is 394. The molecule has 14 heavy (non-hydrogen) atoms. The first-order chi connectivity index (χ1) is 6.36. The average Bonchev–Trinajstić information content (AvgIpc) is 2.06. The highest BCUT2D eigenvalue weighted by molar-refractivity contribution is 5.41. The van der Waals surface area contributed by atoms with Gasteiger partial charge in [0.15, 0.2) is 0 Å². The maximum absolute atomic E-state index is 13.3. The smallest absolute Gasteiger partial charge is 0.141 e. The molecular weight excluding hydrogens is 177 g/mol. The van der Waals surface area contributed by atoms with Gasteiger partial charge < -0.3 is 0 Å². The van der Waals surface area contributed by atoms with Crippen molar-refractivity contribution >= 4 is 0 Å². The van der Waals surface area contributed by atoms with Gasteiger partial charge in [-0.15, -0.1) is 0 Å². The Balaban J connectivity index is 3.38. The Hall–Kier alpha value is -1.36. The number of hydrogen-bond donors (Lipinski definition) is 0. The molecule has 0 aromatic heterocycles. The van der Waals surface area contributed by atoms with Gasteiger partial charge in [-0.05, 0) is 35.6 Å². The summed E-state index contributed by atoms with van der Waals surface area (Å²) in [7, 11) is 0. The number of halogens is 1. The summed E-state index contributed by atoms with van der Waals surface area (Å²) in [5, 5.41) is 8.65. The van der Waals surface area contributed by atoms with E-state index in [-0.39, 0.29) is 11.0 Å². The van der Waals surface area contributed by atoms with Gasteiger partial charge in [0, 0.05) is 0 Å². The molecule has 0 saturated heterocycles. The Morgan fingerprint density at radius 3 is 2.29 bits per heavy atom. The molecule has 1 rings (SSSR count). The SMILES string of the molecule is Cc1cc(C#N)c(F)cc1C(C)(C)C. The van der Waals surface area contributed by atoms with Crippen LogP contribution < -0.4 is 0 Å². The standard InChI is InChI=1S/C12H14FN/c1-8-5-9(7-14)11(13)6-10(8)12(2,3)4/h5-6H,1-4H3. The molecule has 1 aromatic rings. The van der Waals surface area contributed by atoms with E-state index in [1.165, 1.54) is 6.07 Å². The van der Waals surface area contributed by atoms with Gasteiger partial charge in [0.1, 0.15) is 11.9 Å². The van der Waals surface area contributed by atoms with Gasteiger partial charge in [0.25, 0.3) is 0 Å². The van der Waals surface area contributed by atoms with Crippen molar-refractivity contribution in [3.05, 3.63) is 34.6 Å². The van der Waals surface area contributed by atoms with Crippen molar-refractivity contribution in [1.29, 1.82) is 5.26 Å². The van der Waals surface area contributed by atoms with E-state index in [9.17, 15) is 4.39 Å². The fraction of sp³-hybridized carbons (Fsp3) is 0.417. The fourth-order valence-corrected chi connectivity index (χ4v) is 1.58. The molecule has 0 N–H and O–H groups in total. The minimum absolute atomic E-state index is 0.0844. The predicted molar refractivity (Wildman–Crippen MR) is 54.6 cm³/mol. The van der Waals surface area contributed by atoms with Gasteiger partial charge in [-0.3, -0.25) is 0 Å². The quantitative estimate of drug-likeness (QED) is 0.617. The van der Waals surface area contributed by atoms with Crippen LogP contribution in [0.2, 0.25) is 0 Å². The van der Waals surface area contributed by atoms with Gasteiger partial charge in [0.05, 0.1) is 5.56 Å². The van der Waals surface area contributed by atoms with Crippen LogP contribution in [0.1, 0.15) is 37.5 Å². The number of hydrogen-bond acceptors (Lipinski definition) is 1. The first-order valence-corrected chi connectivity index (χ1v) is 4.57. The third-order valence-electron chi connectivity index (χ3n) is 2.24. The normalized spacial score (nSPS) is 11.1. The summed E-state index contributed by atoms with van der Waals surface area (Å²) in [5.74, 6) is -0.428. The van der Waals surface area contributed by atoms with Crippen LogP contribution in [0.5, 0.6) is 0 Å². The second kappa shape index (κ2) is 3.42. The topological polar surface area (TPSA) is 23.8 Å². The van der Waals surface area contributed by atoms with E-state index in [1.807, 2.05) is 33.8 Å². The van der Waals surface area contributed by atoms with Crippen molar-refractivity contribution in [3.63, 3.8) is 0 Å². The second-order valence-corrected chi connectivity index (χ2v) is 4.51. The molecule has 0 amide bonds. The van der Waals surface area contributed by atoms with E-state index >= 15 is 0 Å². The number of aryl methyl sites for hydroxylation is 1. The first-order valence-electron chi connectivity index (χ1n) is 4.57. The van der Waals surface area contributed by atoms with Gasteiger partial charge in [-0.25, -0.2) is 4.39 Å². The monoisotopic (exact) mass is 191 g/mol. The Morgan fingerprint density at radius 2 is 1.86 bits per heavy atom. The predicted octanol–water partition coefficient (Wildman–Crippen LogP) is 3.30. The van der Waals surface area contributed by atoms with Crippen molar-refractivity contribution in [3.8, 4) is 6.07 Å². The minimum Gasteiger partial charge on any atom is -0.206 e. The van der Waals surface area contributed by atoms with Crippen LogP contribution in [-0.2, 0) is 5.41 Å². The molecule has 0 aliphatic heterocycles. The van der Waals surface area contributed by atoms with Gasteiger partial charge in [-0.1, -0.05) is 20.8 Å². The molecule has 1 aromatic carbocycles. The van der Waals surface area contributed by atoms with Crippen molar-refractivity contribution in [1.82, 2.24) is 0 Å². The molecule has 74 valence electrons. The van der Waals surface area contributed by atoms with Gasteiger partial charge in [-0.2, -0.15) is 5.26 Å². The van der Waals surface area contributed by atoms with E-state index in [0.29, 0.717) is 0 Å². The minimum atomic E-state index is -0.428. The second-order valence-electron chi connectivity index (χ2n) is 4.51. The molecule has 0 aliphatic rings. The van der Waals surface area contributed by atoms with Gasteiger partial charge >= 0.3 is 0 Å². The highest BCUT2D eigenvalue weighted by Crippen LogP contribution is 2.27. The lowest BCUT2D eigenvalue weighted by atomic mass is 9.83. The van der Waals surface area contributed by atoms with Crippen molar-refractivity contribution in [2.45, 2.75) is 33.1 Å². The third-order valence-corrected chi connectivity index (χ3v) is 2.24. The van der Waals surface area contributed by atoms with E-state index < -0.39 is 5.82 Å². The lowest BCUT2D eigenvalue weighted by Crippen LogP contribution is -2.13. The molecule has 0 aliphatic carbocycles. The Kier molecular flexibility index (Phi) is 2.62. The summed E-state index contributed by atoms with van der Waals surface area (Å²) < 4.78 is 13.3. The number of benzene rings is 1. The Morgan fingerprint density at radius 1 is 1.29 bits per heavy atom. The number of nitrogens with zero attached hydrogens (tertiary/aromatic N) is 1. The van der Waals surface area contributed by atoms with E-state index in [4.69, 9.17) is 5.26 Å². The van der Waals surface area contributed by atoms with E-state index in [0.717, 1.165) is 11.1 Å². The molecule has 0 spiro atoms. The van der Waals surface area contributed by atoms with Crippen molar-refractivity contribution in [2.24, 2.45) is 0 Å². The lowest BCUT2D eigenvalue weighted by Gasteiger charge is -2.21. The van der Waals surface area contributed by atoms with E-state index in [1.54, 1.807) is 6.07 Å². The van der Waals surface area contributed by atoms with Crippen molar-refractivity contribution in [2.75, 3.05) is 0 Å². The first kappa shape index (κ1) is 10.7. The Labute approximate surface area is 84.2 Å². The zero-order valence-electron chi connectivity index (χ0n) is 8.98. The molecule has 0 radical (unpaired) electrons. The summed E-state index contributed by atoms with van der Waals surface area (Å²) in [6.07, 6.45) is 0. The maximum atomic E-state index is 13.3. The van der Waals surface area contributed by atoms with Crippen LogP contribution in [0.15, 0.2) is 12.1 Å². The van der Waals surface area contributed by atoms with Crippen LogP contribution in [0, 0.1) is 24.1 Å². The summed E-state index contributed by atoms with van der Waals surface area (Å²) >= 11 is 0. The molecule has 0 bridgehead atoms. The third kappa shape index (κ3) is 1.93. The molecule has 2 heteroatoms. The molecule has 0 saturated carbocycles. The summed E-state index contributed by atoms with van der Waals surface area (Å²) in [6, 6.07) is 4.91. The highest BCUT2D eigenvalue weighted by atomic mass is 19.1. The molecular formula is C12H14FN. The van der Waals surface area contributed by atoms with Crippen LogP contribution in [0.25, 0.3) is 0 Å². The number of rotatable bonds is 0. The van der Waals surface area contributed by atoms with Gasteiger partial charge in [0.2, 0.25) is 0 Å². The summed E-state index contributed by atoms with van der Waals surface area (Å²) in [6.45, 7) is 7.99. The summed E-state index contributed by atoms with van der Waals surface area (Å²) in [5.41, 5.74) is 1.96. The van der Waals surface area contributed by atoms with Crippen LogP contribution in [-0.4, -0.2) is 0 Å². The van der Waals surface area contributed by atoms with Crippen LogP contribution in [0.4, 0.5) is 4.39 Å².